The second-order valence-corrected chi connectivity index (χ2v) is 11.1. The number of hydrogen-bond donors (Lipinski definition) is 1. The molecule has 0 saturated carbocycles. The minimum Gasteiger partial charge on any atom is -0.497 e. The molecule has 0 radical (unpaired) electrons. The molecule has 1 aromatic heterocycles. The summed E-state index contributed by atoms with van der Waals surface area (Å²) in [6, 6.07) is 22.3. The Hall–Kier alpha value is -5.29. The number of carbonyl (C=O) groups is 3. The largest absolute Gasteiger partial charge is 0.497 e. The fraction of sp³-hybridized carbons (Fsp3) is 0.182. The predicted molar refractivity (Wildman–Crippen MR) is 166 cm³/mol. The van der Waals surface area contributed by atoms with Crippen molar-refractivity contribution < 1.29 is 23.9 Å². The Labute approximate surface area is 256 Å². The maximum absolute atomic E-state index is 14.4. The minimum absolute atomic E-state index is 0.165. The van der Waals surface area contributed by atoms with Gasteiger partial charge in [-0.2, -0.15) is 0 Å². The number of esters is 1. The molecule has 3 heterocycles. The Balaban J connectivity index is 1.55. The molecule has 3 aromatic carbocycles. The van der Waals surface area contributed by atoms with Crippen LogP contribution in [0.2, 0.25) is 0 Å². The molecule has 1 atom stereocenters. The molecule has 222 valence electrons. The second kappa shape index (κ2) is 11.8. The van der Waals surface area contributed by atoms with Crippen molar-refractivity contribution in [2.24, 2.45) is 4.99 Å². The molecule has 0 aliphatic carbocycles. The second-order valence-electron chi connectivity index (χ2n) is 10.1. The van der Waals surface area contributed by atoms with Crippen molar-refractivity contribution in [2.45, 2.75) is 19.9 Å². The number of carbonyl (C=O) groups excluding carboxylic acids is 3. The van der Waals surface area contributed by atoms with Crippen LogP contribution in [0.3, 0.4) is 0 Å². The van der Waals surface area contributed by atoms with Gasteiger partial charge in [0.05, 0.1) is 42.3 Å². The van der Waals surface area contributed by atoms with E-state index < -0.39 is 29.4 Å². The average molecular weight is 609 g/mol. The van der Waals surface area contributed by atoms with Crippen molar-refractivity contribution in [3.8, 4) is 5.75 Å². The van der Waals surface area contributed by atoms with Crippen LogP contribution in [0.25, 0.3) is 5.57 Å². The number of nitrogens with one attached hydrogen (secondary N) is 1. The van der Waals surface area contributed by atoms with Gasteiger partial charge in [0, 0.05) is 11.3 Å². The molecule has 0 unspecified atom stereocenters. The zero-order valence-corrected chi connectivity index (χ0v) is 25.0. The number of ether oxygens (including phenoxy) is 2. The Morgan fingerprint density at radius 1 is 1.00 bits per heavy atom. The van der Waals surface area contributed by atoms with E-state index in [4.69, 9.17) is 14.5 Å². The molecule has 0 spiro atoms. The molecule has 44 heavy (non-hydrogen) atoms. The third-order valence-electron chi connectivity index (χ3n) is 7.43. The number of hydrogen-bond acceptors (Lipinski definition) is 8. The number of anilines is 2. The van der Waals surface area contributed by atoms with E-state index in [2.05, 4.69) is 5.32 Å². The number of amides is 2. The van der Waals surface area contributed by atoms with Crippen molar-refractivity contribution in [1.82, 2.24) is 4.57 Å². The summed E-state index contributed by atoms with van der Waals surface area (Å²) >= 11 is 1.07. The summed E-state index contributed by atoms with van der Waals surface area (Å²) in [7, 11) is 1.54. The molecule has 2 aliphatic rings. The number of aromatic nitrogens is 1. The number of thiazole rings is 1. The number of methoxy groups -OCH3 is 1. The maximum atomic E-state index is 14.4. The van der Waals surface area contributed by atoms with Gasteiger partial charge in [-0.1, -0.05) is 59.9 Å². The summed E-state index contributed by atoms with van der Waals surface area (Å²) in [5, 5.41) is 2.93. The number of para-hydroxylation sites is 2. The number of benzene rings is 3. The van der Waals surface area contributed by atoms with Crippen LogP contribution in [0.15, 0.2) is 99.9 Å². The SMILES string of the molecule is CCOC(=O)CN1C(=O)/C(=c2/sc3n(c2=O)[C@@H](c2cccc(OC)c2)C(C(=O)Nc2ccccc2)=C(C)N=3)c2ccccc21. The van der Waals surface area contributed by atoms with Gasteiger partial charge in [0.2, 0.25) is 0 Å². The van der Waals surface area contributed by atoms with Gasteiger partial charge in [-0.25, -0.2) is 4.99 Å². The molecule has 2 aliphatic heterocycles. The van der Waals surface area contributed by atoms with E-state index in [1.54, 1.807) is 75.6 Å². The number of nitrogens with zero attached hydrogens (tertiary/aromatic N) is 3. The molecule has 1 N–H and O–H groups in total. The predicted octanol–water partition coefficient (Wildman–Crippen LogP) is 3.16. The molecule has 2 amide bonds. The zero-order valence-electron chi connectivity index (χ0n) is 24.2. The molecule has 6 rings (SSSR count). The van der Waals surface area contributed by atoms with E-state index in [-0.39, 0.29) is 28.8 Å². The van der Waals surface area contributed by atoms with Gasteiger partial charge in [-0.15, -0.1) is 0 Å². The maximum Gasteiger partial charge on any atom is 0.326 e. The summed E-state index contributed by atoms with van der Waals surface area (Å²) in [4.78, 5) is 60.8. The van der Waals surface area contributed by atoms with Crippen LogP contribution < -0.4 is 29.8 Å². The average Bonchev–Trinajstić information content (AvgIpc) is 3.48. The van der Waals surface area contributed by atoms with Crippen LogP contribution in [0, 0.1) is 0 Å². The van der Waals surface area contributed by atoms with E-state index in [0.717, 1.165) is 11.3 Å². The van der Waals surface area contributed by atoms with Crippen molar-refractivity contribution in [2.75, 3.05) is 30.5 Å². The monoisotopic (exact) mass is 608 g/mol. The quantitative estimate of drug-likeness (QED) is 0.322. The first-order chi connectivity index (χ1) is 21.3. The lowest BCUT2D eigenvalue weighted by Crippen LogP contribution is -2.41. The lowest BCUT2D eigenvalue weighted by atomic mass is 9.95. The van der Waals surface area contributed by atoms with E-state index in [1.807, 2.05) is 24.3 Å². The van der Waals surface area contributed by atoms with Gasteiger partial charge in [0.1, 0.15) is 16.8 Å². The summed E-state index contributed by atoms with van der Waals surface area (Å²) in [5.74, 6) is -0.896. The first-order valence-electron chi connectivity index (χ1n) is 13.9. The Kier molecular flexibility index (Phi) is 7.71. The normalized spacial score (nSPS) is 16.7. The minimum atomic E-state index is -0.859. The van der Waals surface area contributed by atoms with E-state index >= 15 is 0 Å². The van der Waals surface area contributed by atoms with Crippen LogP contribution in [0.1, 0.15) is 31.0 Å². The Bertz CT molecular complexity index is 2030. The van der Waals surface area contributed by atoms with Gasteiger partial charge < -0.3 is 14.8 Å². The molecule has 0 bridgehead atoms. The van der Waals surface area contributed by atoms with Crippen LogP contribution in [0.5, 0.6) is 5.75 Å². The highest BCUT2D eigenvalue weighted by Gasteiger charge is 2.38. The van der Waals surface area contributed by atoms with Crippen LogP contribution >= 0.6 is 11.3 Å². The summed E-state index contributed by atoms with van der Waals surface area (Å²) in [6.07, 6.45) is 0. The molecule has 11 heteroatoms. The number of allylic oxidation sites excluding steroid dienone is 1. The van der Waals surface area contributed by atoms with Crippen molar-refractivity contribution in [1.29, 1.82) is 0 Å². The first-order valence-corrected chi connectivity index (χ1v) is 14.8. The van der Waals surface area contributed by atoms with E-state index in [1.165, 1.54) is 9.47 Å². The van der Waals surface area contributed by atoms with Gasteiger partial charge in [0.15, 0.2) is 4.80 Å². The van der Waals surface area contributed by atoms with Crippen LogP contribution in [-0.4, -0.2) is 42.6 Å². The Morgan fingerprint density at radius 3 is 2.50 bits per heavy atom. The molecule has 10 nitrogen and oxygen atoms in total. The standard InChI is InChI=1S/C33H28N4O6S/c1-4-43-25(38)18-36-24-16-9-8-15-23(24)27(31(36)40)29-32(41)37-28(20-11-10-14-22(17-20)42-3)26(19(2)34-33(37)44-29)30(39)35-21-12-6-5-7-13-21/h5-17,28H,4,18H2,1-3H3,(H,35,39)/b29-27+/t28-/m0/s1. The third-order valence-corrected chi connectivity index (χ3v) is 8.48. The zero-order chi connectivity index (χ0) is 31.0. The smallest absolute Gasteiger partial charge is 0.326 e. The van der Waals surface area contributed by atoms with Crippen molar-refractivity contribution in [3.63, 3.8) is 0 Å². The summed E-state index contributed by atoms with van der Waals surface area (Å²) < 4.78 is 12.2. The number of rotatable bonds is 7. The lowest BCUT2D eigenvalue weighted by molar-refractivity contribution is -0.142. The van der Waals surface area contributed by atoms with Crippen LogP contribution in [-0.2, 0) is 19.1 Å². The molecule has 0 fully saturated rings. The fourth-order valence-corrected chi connectivity index (χ4v) is 6.64. The number of fused-ring (bicyclic) bond motifs is 2. The van der Waals surface area contributed by atoms with Gasteiger partial charge in [-0.05, 0) is 49.7 Å². The van der Waals surface area contributed by atoms with E-state index in [0.29, 0.717) is 38.7 Å². The van der Waals surface area contributed by atoms with Gasteiger partial charge in [0.25, 0.3) is 17.4 Å². The van der Waals surface area contributed by atoms with Gasteiger partial charge in [-0.3, -0.25) is 28.6 Å². The molecular weight excluding hydrogens is 580 g/mol. The van der Waals surface area contributed by atoms with E-state index in [9.17, 15) is 19.2 Å². The summed E-state index contributed by atoms with van der Waals surface area (Å²) in [5.41, 5.74) is 2.69. The molecular formula is C33H28N4O6S. The topological polar surface area (TPSA) is 119 Å². The fourth-order valence-electron chi connectivity index (χ4n) is 5.50. The Morgan fingerprint density at radius 2 is 1.75 bits per heavy atom. The van der Waals surface area contributed by atoms with Gasteiger partial charge >= 0.3 is 5.97 Å². The lowest BCUT2D eigenvalue weighted by Gasteiger charge is -2.25. The molecule has 4 aromatic rings. The summed E-state index contributed by atoms with van der Waals surface area (Å²) in [6.45, 7) is 3.31. The van der Waals surface area contributed by atoms with Crippen LogP contribution in [0.4, 0.5) is 11.4 Å². The highest BCUT2D eigenvalue weighted by atomic mass is 32.1. The third kappa shape index (κ3) is 5.01. The molecule has 0 saturated heterocycles. The van der Waals surface area contributed by atoms with Crippen molar-refractivity contribution in [3.05, 3.63) is 121 Å². The highest BCUT2D eigenvalue weighted by Crippen LogP contribution is 2.36. The first kappa shape index (κ1) is 28.8. The van der Waals surface area contributed by atoms with Crippen molar-refractivity contribution >= 4 is 46.1 Å². The highest BCUT2D eigenvalue weighted by molar-refractivity contribution is 7.07.